The fraction of sp³-hybridized carbons (Fsp3) is 0.586. The molecule has 36 heavy (non-hydrogen) atoms. The molecule has 1 amide bonds. The molecular weight excluding hydrogens is 454 g/mol. The van der Waals surface area contributed by atoms with Crippen molar-refractivity contribution in [1.29, 1.82) is 0 Å². The van der Waals surface area contributed by atoms with E-state index in [4.69, 9.17) is 0 Å². The summed E-state index contributed by atoms with van der Waals surface area (Å²) < 4.78 is 0. The second kappa shape index (κ2) is 8.45. The zero-order valence-electron chi connectivity index (χ0n) is 21.5. The van der Waals surface area contributed by atoms with Crippen LogP contribution in [0.4, 0.5) is 0 Å². The van der Waals surface area contributed by atoms with Gasteiger partial charge in [-0.25, -0.2) is 0 Å². The van der Waals surface area contributed by atoms with Crippen LogP contribution < -0.4 is 5.56 Å². The van der Waals surface area contributed by atoms with Gasteiger partial charge >= 0.3 is 0 Å². The molecule has 4 aliphatic rings. The average molecular weight is 492 g/mol. The summed E-state index contributed by atoms with van der Waals surface area (Å²) in [6.45, 7) is 5.33. The van der Waals surface area contributed by atoms with Gasteiger partial charge in [0, 0.05) is 29.2 Å². The third kappa shape index (κ3) is 3.54. The average Bonchev–Trinajstić information content (AvgIpc) is 3.12. The maximum Gasteiger partial charge on any atom is 0.261 e. The van der Waals surface area contributed by atoms with E-state index in [1.165, 1.54) is 5.56 Å². The number of carbonyl (C=O) groups is 1. The molecule has 1 aromatic carbocycles. The lowest BCUT2D eigenvalue weighted by atomic mass is 9.56. The van der Waals surface area contributed by atoms with E-state index >= 15 is 0 Å². The Bertz CT molecular complexity index is 1260. The smallest absolute Gasteiger partial charge is 0.261 e. The number of likely N-dealkylation sites (tertiary alicyclic amines) is 1. The number of aryl methyl sites for hydroxylation is 1. The molecule has 0 radical (unpaired) electrons. The fourth-order valence-electron chi connectivity index (χ4n) is 7.98. The molecule has 7 nitrogen and oxygen atoms in total. The van der Waals surface area contributed by atoms with Crippen LogP contribution in [-0.2, 0) is 18.3 Å². The maximum absolute atomic E-state index is 13.6. The van der Waals surface area contributed by atoms with E-state index in [1.54, 1.807) is 6.07 Å². The van der Waals surface area contributed by atoms with Gasteiger partial charge in [-0.3, -0.25) is 9.59 Å². The number of pyridine rings is 1. The second-order valence-corrected chi connectivity index (χ2v) is 11.9. The van der Waals surface area contributed by atoms with Crippen LogP contribution in [0.5, 0.6) is 5.75 Å². The number of aliphatic hydroxyl groups is 1. The van der Waals surface area contributed by atoms with Crippen molar-refractivity contribution in [3.8, 4) is 5.75 Å². The van der Waals surface area contributed by atoms with E-state index < -0.39 is 0 Å². The summed E-state index contributed by atoms with van der Waals surface area (Å²) in [5, 5.41) is 20.5. The zero-order chi connectivity index (χ0) is 25.4. The van der Waals surface area contributed by atoms with Gasteiger partial charge in [-0.1, -0.05) is 6.07 Å². The molecule has 0 spiro atoms. The number of nitrogens with one attached hydrogen (secondary N) is 1. The lowest BCUT2D eigenvalue weighted by molar-refractivity contribution is 0.0284. The highest BCUT2D eigenvalue weighted by molar-refractivity contribution is 5.95. The predicted octanol–water partition coefficient (Wildman–Crippen LogP) is 2.89. The summed E-state index contributed by atoms with van der Waals surface area (Å²) in [4.78, 5) is 34.4. The minimum absolute atomic E-state index is 0.0232. The first-order valence-corrected chi connectivity index (χ1v) is 13.4. The highest BCUT2D eigenvalue weighted by atomic mass is 16.3. The first-order valence-electron chi connectivity index (χ1n) is 13.4. The molecule has 1 unspecified atom stereocenters. The molecule has 3 fully saturated rings. The van der Waals surface area contributed by atoms with Crippen molar-refractivity contribution in [1.82, 2.24) is 14.8 Å². The summed E-state index contributed by atoms with van der Waals surface area (Å²) in [5.41, 5.74) is 4.05. The molecule has 2 bridgehead atoms. The van der Waals surface area contributed by atoms with Crippen molar-refractivity contribution in [2.75, 3.05) is 13.6 Å². The summed E-state index contributed by atoms with van der Waals surface area (Å²) >= 11 is 0. The number of piperidine rings is 2. The number of aromatic amines is 1. The Morgan fingerprint density at radius 3 is 2.61 bits per heavy atom. The van der Waals surface area contributed by atoms with Crippen LogP contribution >= 0.6 is 0 Å². The normalized spacial score (nSPS) is 33.8. The minimum atomic E-state index is -0.354. The first-order chi connectivity index (χ1) is 17.2. The van der Waals surface area contributed by atoms with E-state index in [9.17, 15) is 19.8 Å². The number of phenolic OH excluding ortho intramolecular Hbond substituents is 1. The Balaban J connectivity index is 1.41. The van der Waals surface area contributed by atoms with Crippen molar-refractivity contribution in [2.24, 2.45) is 5.92 Å². The van der Waals surface area contributed by atoms with Crippen LogP contribution in [0, 0.1) is 12.8 Å². The van der Waals surface area contributed by atoms with Crippen LogP contribution in [0.3, 0.4) is 0 Å². The van der Waals surface area contributed by atoms with Crippen LogP contribution in [-0.4, -0.2) is 68.7 Å². The highest BCUT2D eigenvalue weighted by Crippen LogP contribution is 2.51. The molecule has 4 heterocycles. The third-order valence-electron chi connectivity index (χ3n) is 9.98. The van der Waals surface area contributed by atoms with Crippen LogP contribution in [0.1, 0.15) is 71.8 Å². The Labute approximate surface area is 212 Å². The molecule has 7 heteroatoms. The minimum Gasteiger partial charge on any atom is -0.508 e. The summed E-state index contributed by atoms with van der Waals surface area (Å²) in [5.74, 6) is 0.379. The molecule has 2 aromatic rings. The number of aromatic hydroxyl groups is 1. The second-order valence-electron chi connectivity index (χ2n) is 11.9. The molecule has 1 aromatic heterocycles. The number of amides is 1. The van der Waals surface area contributed by atoms with Crippen molar-refractivity contribution in [3.63, 3.8) is 0 Å². The number of carbonyl (C=O) groups excluding carboxylic acids is 1. The Kier molecular flexibility index (Phi) is 5.57. The van der Waals surface area contributed by atoms with Gasteiger partial charge in [0.15, 0.2) is 0 Å². The Morgan fingerprint density at radius 1 is 1.17 bits per heavy atom. The number of hydrogen-bond donors (Lipinski definition) is 3. The maximum atomic E-state index is 13.6. The van der Waals surface area contributed by atoms with Crippen LogP contribution in [0.25, 0.3) is 0 Å². The number of benzene rings is 1. The molecule has 1 aliphatic carbocycles. The number of aromatic nitrogens is 1. The van der Waals surface area contributed by atoms with Gasteiger partial charge in [0.2, 0.25) is 0 Å². The van der Waals surface area contributed by atoms with Crippen molar-refractivity contribution in [2.45, 2.75) is 88.4 Å². The molecular formula is C29H37N3O4. The van der Waals surface area contributed by atoms with Gasteiger partial charge in [-0.2, -0.15) is 0 Å². The Morgan fingerprint density at radius 2 is 1.89 bits per heavy atom. The number of rotatable bonds is 2. The lowest BCUT2D eigenvalue weighted by Gasteiger charge is -2.54. The van der Waals surface area contributed by atoms with Gasteiger partial charge < -0.3 is 25.0 Å². The standard InChI is InChI=1S/C29H37N3O4/c1-16-4-7-21(33)14-24(16)29-8-9-31(3)17(2)25(29)11-18-10-23(27(35)30-26(18)15-29)28(36)32-19-5-6-20(32)13-22(34)12-19/h4,7,10,14,17,19-20,22,25,33-34H,5-6,8-9,11-13,15H2,1-3H3,(H,30,35)/t17-,19-,20+,22?,25+,29-/m1/s1. The van der Waals surface area contributed by atoms with Crippen molar-refractivity contribution >= 4 is 5.91 Å². The van der Waals surface area contributed by atoms with E-state index in [1.807, 2.05) is 23.1 Å². The van der Waals surface area contributed by atoms with Gasteiger partial charge in [-0.15, -0.1) is 0 Å². The highest BCUT2D eigenvalue weighted by Gasteiger charge is 2.51. The predicted molar refractivity (Wildman–Crippen MR) is 137 cm³/mol. The number of phenols is 1. The number of nitrogens with zero attached hydrogens (tertiary/aromatic N) is 2. The molecule has 6 rings (SSSR count). The van der Waals surface area contributed by atoms with Crippen molar-refractivity contribution in [3.05, 3.63) is 62.6 Å². The van der Waals surface area contributed by atoms with E-state index in [0.717, 1.165) is 49.0 Å². The largest absolute Gasteiger partial charge is 0.508 e. The molecule has 3 saturated heterocycles. The molecule has 6 atom stereocenters. The lowest BCUT2D eigenvalue weighted by Crippen LogP contribution is -2.57. The summed E-state index contributed by atoms with van der Waals surface area (Å²) in [6.07, 6.45) is 5.06. The fourth-order valence-corrected chi connectivity index (χ4v) is 7.98. The first kappa shape index (κ1) is 23.7. The molecule has 0 saturated carbocycles. The summed E-state index contributed by atoms with van der Waals surface area (Å²) in [7, 11) is 2.17. The Hall–Kier alpha value is -2.64. The topological polar surface area (TPSA) is 96.9 Å². The SMILES string of the molecule is Cc1ccc(O)cc1[C@]12CCN(C)[C@H](C)[C@@H]1Cc1cc(C(=O)N3[C@@H]4CC[C@H]3CC(O)C4)c(=O)[nH]c1C2. The quantitative estimate of drug-likeness (QED) is 0.600. The number of fused-ring (bicyclic) bond motifs is 4. The number of hydrogen-bond acceptors (Lipinski definition) is 5. The number of H-pyrrole nitrogens is 1. The number of aliphatic hydroxyl groups excluding tert-OH is 1. The summed E-state index contributed by atoms with van der Waals surface area (Å²) in [6, 6.07) is 7.88. The third-order valence-corrected chi connectivity index (χ3v) is 9.98. The monoisotopic (exact) mass is 491 g/mol. The molecule has 192 valence electrons. The molecule has 3 aliphatic heterocycles. The van der Waals surface area contributed by atoms with E-state index in [-0.39, 0.29) is 46.4 Å². The van der Waals surface area contributed by atoms with Crippen molar-refractivity contribution < 1.29 is 15.0 Å². The van der Waals surface area contributed by atoms with E-state index in [0.29, 0.717) is 31.2 Å². The van der Waals surface area contributed by atoms with Gasteiger partial charge in [0.1, 0.15) is 11.3 Å². The van der Waals surface area contributed by atoms with Crippen LogP contribution in [0.2, 0.25) is 0 Å². The van der Waals surface area contributed by atoms with Gasteiger partial charge in [0.05, 0.1) is 6.10 Å². The van der Waals surface area contributed by atoms with E-state index in [2.05, 4.69) is 30.8 Å². The van der Waals surface area contributed by atoms with Gasteiger partial charge in [-0.05, 0) is 113 Å². The van der Waals surface area contributed by atoms with Crippen LogP contribution in [0.15, 0.2) is 29.1 Å². The van der Waals surface area contributed by atoms with Gasteiger partial charge in [0.25, 0.3) is 11.5 Å². The molecule has 3 N–H and O–H groups in total. The zero-order valence-corrected chi connectivity index (χ0v) is 21.5.